The number of anilines is 2. The number of carbonyl (C=O) groups is 2. The van der Waals surface area contributed by atoms with E-state index in [9.17, 15) is 44.7 Å². The lowest BCUT2D eigenvalue weighted by Gasteiger charge is -2.35. The van der Waals surface area contributed by atoms with Crippen LogP contribution < -0.4 is 10.6 Å². The van der Waals surface area contributed by atoms with Crippen LogP contribution in [0.5, 0.6) is 0 Å². The largest absolute Gasteiger partial charge is 0.393 e. The summed E-state index contributed by atoms with van der Waals surface area (Å²) >= 11 is 11.9. The lowest BCUT2D eigenvalue weighted by molar-refractivity contribution is -0.345. The van der Waals surface area contributed by atoms with Gasteiger partial charge in [0.2, 0.25) is 0 Å². The van der Waals surface area contributed by atoms with Gasteiger partial charge in [0.25, 0.3) is 0 Å². The summed E-state index contributed by atoms with van der Waals surface area (Å²) in [6.07, 6.45) is 0. The minimum Gasteiger partial charge on any atom is -0.321 e. The highest BCUT2D eigenvalue weighted by atomic mass is 79.9. The molecule has 0 bridgehead atoms. The van der Waals surface area contributed by atoms with Crippen molar-refractivity contribution in [2.24, 2.45) is 0 Å². The van der Waals surface area contributed by atoms with Gasteiger partial charge in [-0.15, -0.1) is 0 Å². The van der Waals surface area contributed by atoms with E-state index in [4.69, 9.17) is 0 Å². The van der Waals surface area contributed by atoms with Crippen LogP contribution in [0.15, 0.2) is 54.3 Å². The molecule has 2 aromatic rings. The third-order valence-corrected chi connectivity index (χ3v) is 7.87. The van der Waals surface area contributed by atoms with Crippen molar-refractivity contribution < 1.29 is 44.7 Å². The molecular weight excluding hydrogens is 748 g/mol. The topological polar surface area (TPSA) is 58.2 Å². The molecular formula is C18H8Br4F8N2O2. The van der Waals surface area contributed by atoms with Gasteiger partial charge in [-0.3, -0.25) is 9.59 Å². The Hall–Kier alpha value is -1.26. The van der Waals surface area contributed by atoms with Crippen molar-refractivity contribution in [3.05, 3.63) is 54.3 Å². The quantitative estimate of drug-likeness (QED) is 0.283. The van der Waals surface area contributed by atoms with E-state index in [1.54, 1.807) is 0 Å². The van der Waals surface area contributed by atoms with E-state index in [0.29, 0.717) is 8.95 Å². The van der Waals surface area contributed by atoms with Crippen LogP contribution in [0.25, 0.3) is 0 Å². The van der Waals surface area contributed by atoms with Crippen LogP contribution in [0.3, 0.4) is 0 Å². The Kier molecular flexibility index (Phi) is 8.53. The standard InChI is InChI=1S/C18H8Br4F8N2O2/c19-9-3-1-7(5-11(9)21)31-13(33)15(23,24)17(27,28)18(29,30)16(25,26)14(34)32-8-2-4-10(20)12(22)6-8/h1-6H,(H,31,33)(H,32,34). The van der Waals surface area contributed by atoms with E-state index in [1.165, 1.54) is 22.8 Å². The Bertz CT molecular complexity index is 1040. The van der Waals surface area contributed by atoms with Crippen molar-refractivity contribution >= 4 is 86.9 Å². The Morgan fingerprint density at radius 1 is 0.559 bits per heavy atom. The maximum atomic E-state index is 14.1. The molecule has 0 unspecified atom stereocenters. The van der Waals surface area contributed by atoms with E-state index < -0.39 is 46.9 Å². The van der Waals surface area contributed by atoms with Crippen LogP contribution in [-0.4, -0.2) is 35.5 Å². The molecule has 0 aromatic heterocycles. The zero-order valence-electron chi connectivity index (χ0n) is 15.8. The molecule has 0 spiro atoms. The monoisotopic (exact) mass is 752 g/mol. The minimum absolute atomic E-state index is 0.161. The van der Waals surface area contributed by atoms with E-state index in [1.807, 2.05) is 0 Å². The van der Waals surface area contributed by atoms with Gasteiger partial charge in [-0.25, -0.2) is 0 Å². The van der Waals surface area contributed by atoms with E-state index >= 15 is 0 Å². The third-order valence-electron chi connectivity index (χ3n) is 4.11. The first-order valence-corrected chi connectivity index (χ1v) is 11.6. The van der Waals surface area contributed by atoms with Crippen LogP contribution in [0.2, 0.25) is 0 Å². The second kappa shape index (κ2) is 10.0. The van der Waals surface area contributed by atoms with Crippen LogP contribution in [0.4, 0.5) is 46.5 Å². The number of amides is 2. The van der Waals surface area contributed by atoms with Crippen molar-refractivity contribution in [1.29, 1.82) is 0 Å². The number of hydrogen-bond acceptors (Lipinski definition) is 2. The normalized spacial score (nSPS) is 12.9. The molecule has 0 saturated heterocycles. The molecule has 16 heteroatoms. The Labute approximate surface area is 219 Å². The molecule has 0 fully saturated rings. The lowest BCUT2D eigenvalue weighted by atomic mass is 9.97. The molecule has 2 aromatic carbocycles. The average molecular weight is 756 g/mol. The predicted octanol–water partition coefficient (Wildman–Crippen LogP) is 7.86. The highest BCUT2D eigenvalue weighted by molar-refractivity contribution is 9.13. The second-order valence-corrected chi connectivity index (χ2v) is 9.88. The summed E-state index contributed by atoms with van der Waals surface area (Å²) in [6.45, 7) is 0. The van der Waals surface area contributed by atoms with Crippen molar-refractivity contribution in [3.8, 4) is 0 Å². The van der Waals surface area contributed by atoms with Crippen molar-refractivity contribution in [3.63, 3.8) is 0 Å². The summed E-state index contributed by atoms with van der Waals surface area (Å²) in [5, 5.41) is 2.50. The molecule has 0 radical (unpaired) electrons. The summed E-state index contributed by atoms with van der Waals surface area (Å²) in [5.41, 5.74) is -1.08. The van der Waals surface area contributed by atoms with Crippen molar-refractivity contribution in [2.75, 3.05) is 10.6 Å². The van der Waals surface area contributed by atoms with Crippen LogP contribution >= 0.6 is 63.7 Å². The zero-order valence-corrected chi connectivity index (χ0v) is 22.2. The Morgan fingerprint density at radius 3 is 1.12 bits per heavy atom. The molecule has 0 aliphatic rings. The molecule has 0 saturated carbocycles. The van der Waals surface area contributed by atoms with Crippen LogP contribution in [0, 0.1) is 0 Å². The summed E-state index contributed by atoms with van der Waals surface area (Å²) in [6, 6.07) is 6.15. The van der Waals surface area contributed by atoms with Gasteiger partial charge in [0.1, 0.15) is 0 Å². The van der Waals surface area contributed by atoms with E-state index in [-0.39, 0.29) is 8.95 Å². The summed E-state index contributed by atoms with van der Waals surface area (Å²) in [5.74, 6) is -32.7. The number of carbonyl (C=O) groups excluding carboxylic acids is 2. The van der Waals surface area contributed by atoms with Gasteiger partial charge in [-0.05, 0) is 100 Å². The van der Waals surface area contributed by atoms with Gasteiger partial charge in [-0.1, -0.05) is 0 Å². The maximum absolute atomic E-state index is 14.1. The van der Waals surface area contributed by atoms with Gasteiger partial charge >= 0.3 is 35.5 Å². The number of halogens is 12. The zero-order chi connectivity index (χ0) is 26.3. The fourth-order valence-electron chi connectivity index (χ4n) is 2.25. The minimum atomic E-state index is -6.99. The van der Waals surface area contributed by atoms with Crippen LogP contribution in [-0.2, 0) is 9.59 Å². The second-order valence-electron chi connectivity index (χ2n) is 6.46. The highest BCUT2D eigenvalue weighted by Gasteiger charge is 2.84. The predicted molar refractivity (Wildman–Crippen MR) is 121 cm³/mol. The number of rotatable bonds is 7. The molecule has 34 heavy (non-hydrogen) atoms. The molecule has 0 atom stereocenters. The summed E-state index contributed by atoms with van der Waals surface area (Å²) in [4.78, 5) is 23.4. The fraction of sp³-hybridized carbons (Fsp3) is 0.222. The first-order chi connectivity index (χ1) is 15.4. The van der Waals surface area contributed by atoms with Gasteiger partial charge in [-0.2, -0.15) is 35.1 Å². The van der Waals surface area contributed by atoms with Crippen molar-refractivity contribution in [2.45, 2.75) is 23.7 Å². The van der Waals surface area contributed by atoms with E-state index in [2.05, 4.69) is 63.7 Å². The molecule has 2 amide bonds. The highest BCUT2D eigenvalue weighted by Crippen LogP contribution is 2.53. The summed E-state index contributed by atoms with van der Waals surface area (Å²) < 4.78 is 114. The van der Waals surface area contributed by atoms with E-state index in [0.717, 1.165) is 24.3 Å². The summed E-state index contributed by atoms with van der Waals surface area (Å²) in [7, 11) is 0. The molecule has 2 N–H and O–H groups in total. The smallest absolute Gasteiger partial charge is 0.321 e. The van der Waals surface area contributed by atoms with Gasteiger partial charge in [0.15, 0.2) is 0 Å². The number of hydrogen-bond donors (Lipinski definition) is 2. The van der Waals surface area contributed by atoms with Gasteiger partial charge in [0.05, 0.1) is 0 Å². The fourth-order valence-corrected chi connectivity index (χ4v) is 3.50. The number of alkyl halides is 8. The van der Waals surface area contributed by atoms with Gasteiger partial charge in [0, 0.05) is 29.3 Å². The molecule has 2 rings (SSSR count). The maximum Gasteiger partial charge on any atom is 0.393 e. The lowest BCUT2D eigenvalue weighted by Crippen LogP contribution is -2.67. The Morgan fingerprint density at radius 2 is 0.853 bits per heavy atom. The van der Waals surface area contributed by atoms with Gasteiger partial charge < -0.3 is 10.6 Å². The number of nitrogens with one attached hydrogen (secondary N) is 2. The first-order valence-electron chi connectivity index (χ1n) is 8.40. The average Bonchev–Trinajstić information content (AvgIpc) is 2.72. The number of benzene rings is 2. The molecule has 0 heterocycles. The Balaban J connectivity index is 2.33. The molecule has 0 aliphatic heterocycles. The molecule has 186 valence electrons. The van der Waals surface area contributed by atoms with Crippen molar-refractivity contribution in [1.82, 2.24) is 0 Å². The third kappa shape index (κ3) is 5.28. The molecule has 4 nitrogen and oxygen atoms in total. The SMILES string of the molecule is O=C(Nc1ccc(Br)c(Br)c1)C(F)(F)C(F)(F)C(F)(F)C(F)(F)C(=O)Nc1ccc(Br)c(Br)c1. The first kappa shape index (κ1) is 29.0. The van der Waals surface area contributed by atoms with Crippen LogP contribution in [0.1, 0.15) is 0 Å². The molecule has 0 aliphatic carbocycles.